The SMILES string of the molecule is Cc1ccc(NC(=O)Cn2nnc(C(=O)NCc3ccccc3)c2N)cc1. The monoisotopic (exact) mass is 364 g/mol. The van der Waals surface area contributed by atoms with Crippen molar-refractivity contribution in [1.29, 1.82) is 0 Å². The highest BCUT2D eigenvalue weighted by Crippen LogP contribution is 2.11. The number of nitrogens with one attached hydrogen (secondary N) is 2. The Balaban J connectivity index is 1.59. The third-order valence-electron chi connectivity index (χ3n) is 3.91. The Bertz CT molecular complexity index is 935. The van der Waals surface area contributed by atoms with Crippen molar-refractivity contribution >= 4 is 23.3 Å². The van der Waals surface area contributed by atoms with E-state index in [2.05, 4.69) is 20.9 Å². The molecule has 8 nitrogen and oxygen atoms in total. The fourth-order valence-electron chi connectivity index (χ4n) is 2.43. The molecule has 0 aliphatic heterocycles. The van der Waals surface area contributed by atoms with E-state index in [1.807, 2.05) is 49.4 Å². The summed E-state index contributed by atoms with van der Waals surface area (Å²) in [5.41, 5.74) is 8.65. The van der Waals surface area contributed by atoms with Gasteiger partial charge in [-0.3, -0.25) is 9.59 Å². The molecule has 0 saturated heterocycles. The first-order valence-corrected chi connectivity index (χ1v) is 8.40. The molecular formula is C19H20N6O2. The quantitative estimate of drug-likeness (QED) is 0.616. The second kappa shape index (κ2) is 8.13. The predicted molar refractivity (Wildman–Crippen MR) is 102 cm³/mol. The summed E-state index contributed by atoms with van der Waals surface area (Å²) < 4.78 is 1.20. The molecule has 0 spiro atoms. The van der Waals surface area contributed by atoms with Crippen LogP contribution < -0.4 is 16.4 Å². The van der Waals surface area contributed by atoms with Gasteiger partial charge >= 0.3 is 0 Å². The molecule has 2 aromatic carbocycles. The lowest BCUT2D eigenvalue weighted by atomic mass is 10.2. The minimum Gasteiger partial charge on any atom is -0.382 e. The van der Waals surface area contributed by atoms with Crippen LogP contribution in [-0.2, 0) is 17.9 Å². The Hall–Kier alpha value is -3.68. The number of carbonyl (C=O) groups excluding carboxylic acids is 2. The van der Waals surface area contributed by atoms with Crippen molar-refractivity contribution in [3.8, 4) is 0 Å². The van der Waals surface area contributed by atoms with Gasteiger partial charge < -0.3 is 16.4 Å². The molecule has 2 amide bonds. The lowest BCUT2D eigenvalue weighted by Crippen LogP contribution is -2.25. The Morgan fingerprint density at radius 2 is 1.78 bits per heavy atom. The normalized spacial score (nSPS) is 10.4. The summed E-state index contributed by atoms with van der Waals surface area (Å²) >= 11 is 0. The molecule has 0 saturated carbocycles. The zero-order valence-corrected chi connectivity index (χ0v) is 14.8. The first-order chi connectivity index (χ1) is 13.0. The average molecular weight is 364 g/mol. The topological polar surface area (TPSA) is 115 Å². The van der Waals surface area contributed by atoms with Crippen molar-refractivity contribution < 1.29 is 9.59 Å². The van der Waals surface area contributed by atoms with Crippen LogP contribution in [0.5, 0.6) is 0 Å². The van der Waals surface area contributed by atoms with Gasteiger partial charge in [0.25, 0.3) is 5.91 Å². The summed E-state index contributed by atoms with van der Waals surface area (Å²) in [6, 6.07) is 16.9. The molecule has 27 heavy (non-hydrogen) atoms. The molecule has 138 valence electrons. The van der Waals surface area contributed by atoms with E-state index in [9.17, 15) is 9.59 Å². The maximum absolute atomic E-state index is 12.3. The van der Waals surface area contributed by atoms with Crippen molar-refractivity contribution in [1.82, 2.24) is 20.3 Å². The van der Waals surface area contributed by atoms with Gasteiger partial charge in [0.15, 0.2) is 11.5 Å². The number of benzene rings is 2. The molecule has 4 N–H and O–H groups in total. The molecule has 8 heteroatoms. The number of anilines is 2. The van der Waals surface area contributed by atoms with E-state index in [4.69, 9.17) is 5.73 Å². The third-order valence-corrected chi connectivity index (χ3v) is 3.91. The Kier molecular flexibility index (Phi) is 5.46. The Morgan fingerprint density at radius 1 is 1.07 bits per heavy atom. The van der Waals surface area contributed by atoms with Gasteiger partial charge in [0, 0.05) is 12.2 Å². The lowest BCUT2D eigenvalue weighted by Gasteiger charge is -2.07. The molecule has 0 radical (unpaired) electrons. The summed E-state index contributed by atoms with van der Waals surface area (Å²) in [5, 5.41) is 13.1. The number of hydrogen-bond donors (Lipinski definition) is 3. The van der Waals surface area contributed by atoms with Crippen molar-refractivity contribution in [2.75, 3.05) is 11.1 Å². The maximum atomic E-state index is 12.3. The highest BCUT2D eigenvalue weighted by molar-refractivity contribution is 5.96. The van der Waals surface area contributed by atoms with E-state index in [0.717, 1.165) is 11.1 Å². The van der Waals surface area contributed by atoms with Gasteiger partial charge in [0.05, 0.1) is 0 Å². The van der Waals surface area contributed by atoms with Gasteiger partial charge in [-0.25, -0.2) is 4.68 Å². The number of nitrogen functional groups attached to an aromatic ring is 1. The first kappa shape index (κ1) is 18.1. The molecule has 3 aromatic rings. The number of carbonyl (C=O) groups is 2. The highest BCUT2D eigenvalue weighted by Gasteiger charge is 2.18. The van der Waals surface area contributed by atoms with Gasteiger partial charge in [-0.15, -0.1) is 5.10 Å². The molecule has 0 unspecified atom stereocenters. The largest absolute Gasteiger partial charge is 0.382 e. The molecule has 0 aliphatic carbocycles. The minimum absolute atomic E-state index is 0.00549. The molecule has 0 bridgehead atoms. The highest BCUT2D eigenvalue weighted by atomic mass is 16.2. The first-order valence-electron chi connectivity index (χ1n) is 8.40. The summed E-state index contributed by atoms with van der Waals surface area (Å²) in [6.45, 7) is 2.17. The minimum atomic E-state index is -0.443. The second-order valence-electron chi connectivity index (χ2n) is 6.06. The van der Waals surface area contributed by atoms with Gasteiger partial charge in [0.2, 0.25) is 5.91 Å². The summed E-state index contributed by atoms with van der Waals surface area (Å²) in [7, 11) is 0. The fraction of sp³-hybridized carbons (Fsp3) is 0.158. The van der Waals surface area contributed by atoms with E-state index >= 15 is 0 Å². The van der Waals surface area contributed by atoms with Crippen LogP contribution in [0.3, 0.4) is 0 Å². The van der Waals surface area contributed by atoms with Crippen molar-refractivity contribution in [3.05, 3.63) is 71.4 Å². The number of rotatable bonds is 6. The predicted octanol–water partition coefficient (Wildman–Crippen LogP) is 1.74. The third kappa shape index (κ3) is 4.69. The maximum Gasteiger partial charge on any atom is 0.275 e. The van der Waals surface area contributed by atoms with E-state index in [-0.39, 0.29) is 24.0 Å². The zero-order chi connectivity index (χ0) is 19.2. The fourth-order valence-corrected chi connectivity index (χ4v) is 2.43. The standard InChI is InChI=1S/C19H20N6O2/c1-13-7-9-15(10-8-13)22-16(26)12-25-18(20)17(23-24-25)19(27)21-11-14-5-3-2-4-6-14/h2-10H,11-12,20H2,1H3,(H,21,27)(H,22,26). The van der Waals surface area contributed by atoms with Crippen LogP contribution in [0.1, 0.15) is 21.6 Å². The second-order valence-corrected chi connectivity index (χ2v) is 6.06. The van der Waals surface area contributed by atoms with Crippen LogP contribution >= 0.6 is 0 Å². The number of hydrogen-bond acceptors (Lipinski definition) is 5. The van der Waals surface area contributed by atoms with Gasteiger partial charge in [-0.1, -0.05) is 53.2 Å². The Labute approximate surface area is 156 Å². The van der Waals surface area contributed by atoms with Crippen LogP contribution in [0.25, 0.3) is 0 Å². The summed E-state index contributed by atoms with van der Waals surface area (Å²) in [6.07, 6.45) is 0. The molecular weight excluding hydrogens is 344 g/mol. The number of amides is 2. The lowest BCUT2D eigenvalue weighted by molar-refractivity contribution is -0.116. The van der Waals surface area contributed by atoms with E-state index in [1.54, 1.807) is 12.1 Å². The van der Waals surface area contributed by atoms with Gasteiger partial charge in [0.1, 0.15) is 6.54 Å². The van der Waals surface area contributed by atoms with Crippen LogP contribution in [0, 0.1) is 6.92 Å². The summed E-state index contributed by atoms with van der Waals surface area (Å²) in [4.78, 5) is 24.4. The molecule has 1 heterocycles. The van der Waals surface area contributed by atoms with Crippen LogP contribution in [-0.4, -0.2) is 26.8 Å². The average Bonchev–Trinajstić information content (AvgIpc) is 3.03. The molecule has 3 rings (SSSR count). The molecule has 1 aromatic heterocycles. The number of nitrogens with two attached hydrogens (primary N) is 1. The van der Waals surface area contributed by atoms with Crippen molar-refractivity contribution in [3.63, 3.8) is 0 Å². The number of nitrogens with zero attached hydrogens (tertiary/aromatic N) is 3. The molecule has 0 fully saturated rings. The number of aromatic nitrogens is 3. The van der Waals surface area contributed by atoms with Crippen LogP contribution in [0.15, 0.2) is 54.6 Å². The smallest absolute Gasteiger partial charge is 0.275 e. The van der Waals surface area contributed by atoms with Gasteiger partial charge in [-0.2, -0.15) is 0 Å². The van der Waals surface area contributed by atoms with E-state index in [1.165, 1.54) is 4.68 Å². The van der Waals surface area contributed by atoms with Crippen molar-refractivity contribution in [2.24, 2.45) is 0 Å². The van der Waals surface area contributed by atoms with E-state index in [0.29, 0.717) is 12.2 Å². The zero-order valence-electron chi connectivity index (χ0n) is 14.8. The molecule has 0 aliphatic rings. The van der Waals surface area contributed by atoms with Crippen LogP contribution in [0.2, 0.25) is 0 Å². The number of aryl methyl sites for hydroxylation is 1. The molecule has 0 atom stereocenters. The van der Waals surface area contributed by atoms with Crippen molar-refractivity contribution in [2.45, 2.75) is 20.0 Å². The van der Waals surface area contributed by atoms with Crippen LogP contribution in [0.4, 0.5) is 11.5 Å². The van der Waals surface area contributed by atoms with Gasteiger partial charge in [-0.05, 0) is 24.6 Å². The van der Waals surface area contributed by atoms with E-state index < -0.39 is 5.91 Å². The Morgan fingerprint density at radius 3 is 2.48 bits per heavy atom. The summed E-state index contributed by atoms with van der Waals surface area (Å²) in [5.74, 6) is -0.715.